The van der Waals surface area contributed by atoms with Crippen molar-refractivity contribution in [2.24, 2.45) is 5.73 Å². The molecule has 0 aliphatic heterocycles. The van der Waals surface area contributed by atoms with Gasteiger partial charge < -0.3 is 31.7 Å². The van der Waals surface area contributed by atoms with Crippen LogP contribution in [-0.4, -0.2) is 62.4 Å². The van der Waals surface area contributed by atoms with E-state index in [0.717, 1.165) is 67.8 Å². The fourth-order valence-electron chi connectivity index (χ4n) is 4.73. The molecule has 0 fully saturated rings. The van der Waals surface area contributed by atoms with Gasteiger partial charge >= 0.3 is 0 Å². The molecule has 0 aliphatic rings. The zero-order valence-electron chi connectivity index (χ0n) is 24.5. The number of hydrogen-bond donors (Lipinski definition) is 5. The second-order valence-corrected chi connectivity index (χ2v) is 10.7. The molecule has 0 amide bonds. The molecular weight excluding hydrogens is 496 g/mol. The number of pyridine rings is 1. The van der Waals surface area contributed by atoms with Gasteiger partial charge in [-0.2, -0.15) is 0 Å². The highest BCUT2D eigenvalue weighted by Crippen LogP contribution is 2.28. The molecule has 0 bridgehead atoms. The molecule has 0 saturated heterocycles. The van der Waals surface area contributed by atoms with Crippen LogP contribution in [0.15, 0.2) is 30.5 Å². The van der Waals surface area contributed by atoms with Gasteiger partial charge in [0.05, 0.1) is 18.3 Å². The molecule has 6 N–H and O–H groups in total. The van der Waals surface area contributed by atoms with E-state index in [0.29, 0.717) is 24.2 Å². The van der Waals surface area contributed by atoms with Gasteiger partial charge in [-0.3, -0.25) is 4.98 Å². The predicted octanol–water partition coefficient (Wildman–Crippen LogP) is 5.48. The molecule has 2 rings (SSSR count). The van der Waals surface area contributed by atoms with Crippen LogP contribution >= 0.6 is 12.4 Å². The highest BCUT2D eigenvalue weighted by molar-refractivity contribution is 5.91. The number of benzene rings is 1. The molecule has 1 aromatic heterocycles. The molecule has 1 heterocycles. The van der Waals surface area contributed by atoms with Crippen molar-refractivity contribution in [3.05, 3.63) is 30.5 Å². The maximum atomic E-state index is 5.59. The quantitative estimate of drug-likeness (QED) is 0.131. The molecule has 4 unspecified atom stereocenters. The van der Waals surface area contributed by atoms with Gasteiger partial charge in [0, 0.05) is 41.8 Å². The van der Waals surface area contributed by atoms with Gasteiger partial charge in [-0.05, 0) is 117 Å². The SMILES string of the molecule is COc1cc(NC(C)CCCNC(C)CCCNC(C)CCCNC(C)CCCN)c2ncccc2c1.Cl. The third kappa shape index (κ3) is 13.9. The van der Waals surface area contributed by atoms with Gasteiger partial charge in [0.15, 0.2) is 0 Å². The maximum absolute atomic E-state index is 5.59. The summed E-state index contributed by atoms with van der Waals surface area (Å²) in [5, 5.41) is 15.7. The lowest BCUT2D eigenvalue weighted by atomic mass is 10.1. The number of fused-ring (bicyclic) bond motifs is 1. The average molecular weight is 551 g/mol. The second-order valence-electron chi connectivity index (χ2n) is 10.7. The lowest BCUT2D eigenvalue weighted by molar-refractivity contribution is 0.415. The van der Waals surface area contributed by atoms with Gasteiger partial charge in [0.1, 0.15) is 5.75 Å². The van der Waals surface area contributed by atoms with Gasteiger partial charge in [-0.25, -0.2) is 0 Å². The van der Waals surface area contributed by atoms with E-state index in [1.54, 1.807) is 7.11 Å². The van der Waals surface area contributed by atoms with Gasteiger partial charge in [-0.15, -0.1) is 12.4 Å². The van der Waals surface area contributed by atoms with Gasteiger partial charge in [0.25, 0.3) is 0 Å². The standard InChI is InChI=1S/C30H54N6O.ClH/c1-23(11-6-16-31)32-17-7-12-24(2)33-18-8-13-25(3)34-19-9-14-26(4)36-29-22-28(37-5)21-27-15-10-20-35-30(27)29;/h10,15,20-26,32-34,36H,6-9,11-14,16-19,31H2,1-5H3;1H. The lowest BCUT2D eigenvalue weighted by Gasteiger charge is -2.19. The Hall–Kier alpha value is -1.64. The highest BCUT2D eigenvalue weighted by atomic mass is 35.5. The minimum absolute atomic E-state index is 0. The molecule has 0 radical (unpaired) electrons. The summed E-state index contributed by atoms with van der Waals surface area (Å²) in [5.41, 5.74) is 7.62. The highest BCUT2D eigenvalue weighted by Gasteiger charge is 2.10. The number of nitrogens with two attached hydrogens (primary N) is 1. The minimum atomic E-state index is 0. The number of hydrogen-bond acceptors (Lipinski definition) is 7. The van der Waals surface area contributed by atoms with Crippen LogP contribution in [0.2, 0.25) is 0 Å². The van der Waals surface area contributed by atoms with Crippen molar-refractivity contribution in [1.82, 2.24) is 20.9 Å². The number of rotatable bonds is 21. The molecular formula is C30H55ClN6O. The summed E-state index contributed by atoms with van der Waals surface area (Å²) >= 11 is 0. The first-order chi connectivity index (χ1) is 17.9. The molecule has 4 atom stereocenters. The van der Waals surface area contributed by atoms with Crippen molar-refractivity contribution in [3.63, 3.8) is 0 Å². The van der Waals surface area contributed by atoms with Crippen LogP contribution < -0.4 is 31.7 Å². The third-order valence-corrected chi connectivity index (χ3v) is 7.08. The zero-order valence-corrected chi connectivity index (χ0v) is 25.3. The maximum Gasteiger partial charge on any atom is 0.121 e. The van der Waals surface area contributed by atoms with Crippen molar-refractivity contribution in [2.45, 2.75) is 103 Å². The van der Waals surface area contributed by atoms with Crippen LogP contribution in [0.3, 0.4) is 0 Å². The summed E-state index contributed by atoms with van der Waals surface area (Å²) < 4.78 is 5.47. The number of nitrogens with zero attached hydrogens (tertiary/aromatic N) is 1. The van der Waals surface area contributed by atoms with E-state index >= 15 is 0 Å². The predicted molar refractivity (Wildman–Crippen MR) is 167 cm³/mol. The van der Waals surface area contributed by atoms with Crippen LogP contribution in [0.4, 0.5) is 5.69 Å². The molecule has 7 nitrogen and oxygen atoms in total. The van der Waals surface area contributed by atoms with E-state index in [1.165, 1.54) is 32.1 Å². The van der Waals surface area contributed by atoms with Crippen molar-refractivity contribution in [1.29, 1.82) is 0 Å². The van der Waals surface area contributed by atoms with E-state index in [4.69, 9.17) is 10.5 Å². The van der Waals surface area contributed by atoms with Crippen molar-refractivity contribution < 1.29 is 4.74 Å². The summed E-state index contributed by atoms with van der Waals surface area (Å²) in [6.45, 7) is 13.1. The molecule has 0 saturated carbocycles. The largest absolute Gasteiger partial charge is 0.497 e. The van der Waals surface area contributed by atoms with E-state index in [-0.39, 0.29) is 12.4 Å². The first-order valence-corrected chi connectivity index (χ1v) is 14.5. The topological polar surface area (TPSA) is 96.3 Å². The monoisotopic (exact) mass is 550 g/mol. The fraction of sp³-hybridized carbons (Fsp3) is 0.700. The Morgan fingerprint density at radius 3 is 1.84 bits per heavy atom. The Kier molecular flexibility index (Phi) is 18.4. The van der Waals surface area contributed by atoms with Crippen molar-refractivity contribution >= 4 is 29.0 Å². The molecule has 1 aromatic carbocycles. The summed E-state index contributed by atoms with van der Waals surface area (Å²) in [4.78, 5) is 4.57. The number of anilines is 1. The summed E-state index contributed by atoms with van der Waals surface area (Å²) in [7, 11) is 1.71. The number of methoxy groups -OCH3 is 1. The van der Waals surface area contributed by atoms with Gasteiger partial charge in [0.2, 0.25) is 0 Å². The molecule has 0 spiro atoms. The first-order valence-electron chi connectivity index (χ1n) is 14.5. The molecule has 38 heavy (non-hydrogen) atoms. The van der Waals surface area contributed by atoms with E-state index in [1.807, 2.05) is 24.4 Å². The third-order valence-electron chi connectivity index (χ3n) is 7.08. The number of nitrogens with one attached hydrogen (secondary N) is 4. The Balaban J connectivity index is 0.00000722. The summed E-state index contributed by atoms with van der Waals surface area (Å²) in [6, 6.07) is 10.2. The van der Waals surface area contributed by atoms with Crippen LogP contribution in [0, 0.1) is 0 Å². The smallest absolute Gasteiger partial charge is 0.121 e. The minimum Gasteiger partial charge on any atom is -0.497 e. The first kappa shape index (κ1) is 34.4. The zero-order chi connectivity index (χ0) is 26.9. The molecule has 8 heteroatoms. The Morgan fingerprint density at radius 1 is 0.789 bits per heavy atom. The number of aromatic nitrogens is 1. The van der Waals surface area contributed by atoms with E-state index in [9.17, 15) is 0 Å². The number of halogens is 1. The second kappa shape index (κ2) is 20.3. The van der Waals surface area contributed by atoms with Crippen LogP contribution in [-0.2, 0) is 0 Å². The molecule has 0 aliphatic carbocycles. The van der Waals surface area contributed by atoms with E-state index in [2.05, 4.69) is 60.0 Å². The summed E-state index contributed by atoms with van der Waals surface area (Å²) in [6.07, 6.45) is 11.2. The Morgan fingerprint density at radius 2 is 1.32 bits per heavy atom. The molecule has 2 aromatic rings. The van der Waals surface area contributed by atoms with Crippen molar-refractivity contribution in [3.8, 4) is 5.75 Å². The van der Waals surface area contributed by atoms with Gasteiger partial charge in [-0.1, -0.05) is 6.07 Å². The van der Waals surface area contributed by atoms with E-state index < -0.39 is 0 Å². The summed E-state index contributed by atoms with van der Waals surface area (Å²) in [5.74, 6) is 0.857. The normalized spacial score (nSPS) is 14.5. The van der Waals surface area contributed by atoms with Crippen LogP contribution in [0.1, 0.15) is 79.1 Å². The molecule has 218 valence electrons. The number of ether oxygens (including phenoxy) is 1. The Labute approximate surface area is 238 Å². The van der Waals surface area contributed by atoms with Crippen molar-refractivity contribution in [2.75, 3.05) is 38.6 Å². The average Bonchev–Trinajstić information content (AvgIpc) is 2.90. The van der Waals surface area contributed by atoms with Crippen LogP contribution in [0.5, 0.6) is 5.75 Å². The lowest BCUT2D eigenvalue weighted by Crippen LogP contribution is -2.32. The Bertz CT molecular complexity index is 870. The fourth-order valence-corrected chi connectivity index (χ4v) is 4.73. The van der Waals surface area contributed by atoms with Crippen LogP contribution in [0.25, 0.3) is 10.9 Å².